The molecule has 1 saturated carbocycles. The molecule has 1 heterocycles. The van der Waals surface area contributed by atoms with Gasteiger partial charge in [0.2, 0.25) is 0 Å². The first-order chi connectivity index (χ1) is 12.1. The second-order valence-electron chi connectivity index (χ2n) is 6.38. The fourth-order valence-corrected chi connectivity index (χ4v) is 3.00. The fourth-order valence-electron chi connectivity index (χ4n) is 2.89. The molecule has 0 atom stereocenters. The van der Waals surface area contributed by atoms with Crippen molar-refractivity contribution in [3.8, 4) is 0 Å². The van der Waals surface area contributed by atoms with E-state index < -0.39 is 0 Å². The molecule has 2 N–H and O–H groups in total. The zero-order valence-corrected chi connectivity index (χ0v) is 15.0. The van der Waals surface area contributed by atoms with Crippen LogP contribution in [0.15, 0.2) is 47.6 Å². The lowest BCUT2D eigenvalue weighted by Gasteiger charge is -2.19. The number of aromatic nitrogens is 1. The quantitative estimate of drug-likeness (QED) is 0.472. The van der Waals surface area contributed by atoms with E-state index in [0.29, 0.717) is 5.15 Å². The van der Waals surface area contributed by atoms with Crippen LogP contribution in [0.1, 0.15) is 24.0 Å². The van der Waals surface area contributed by atoms with Crippen molar-refractivity contribution in [3.05, 3.63) is 64.7 Å². The second kappa shape index (κ2) is 7.83. The van der Waals surface area contributed by atoms with Crippen LogP contribution in [-0.2, 0) is 11.8 Å². The molecule has 2 aromatic rings. The Hall–Kier alpha value is -2.14. The zero-order valence-electron chi connectivity index (χ0n) is 14.2. The third kappa shape index (κ3) is 4.69. The number of pyridine rings is 1. The van der Waals surface area contributed by atoms with Gasteiger partial charge in [-0.25, -0.2) is 9.37 Å². The summed E-state index contributed by atoms with van der Waals surface area (Å²) in [7, 11) is 1.75. The van der Waals surface area contributed by atoms with Crippen LogP contribution in [0.4, 0.5) is 4.39 Å². The lowest BCUT2D eigenvalue weighted by molar-refractivity contribution is 0.607. The first-order valence-electron chi connectivity index (χ1n) is 8.42. The van der Waals surface area contributed by atoms with E-state index in [0.717, 1.165) is 49.4 Å². The number of hydrogen-bond donors (Lipinski definition) is 2. The Balaban J connectivity index is 1.49. The van der Waals surface area contributed by atoms with Crippen molar-refractivity contribution in [2.45, 2.75) is 24.7 Å². The van der Waals surface area contributed by atoms with Gasteiger partial charge in [0.1, 0.15) is 11.0 Å². The average Bonchev–Trinajstić information content (AvgIpc) is 3.41. The van der Waals surface area contributed by atoms with Gasteiger partial charge in [0.15, 0.2) is 5.96 Å². The van der Waals surface area contributed by atoms with E-state index in [9.17, 15) is 4.39 Å². The van der Waals surface area contributed by atoms with Gasteiger partial charge in [0.25, 0.3) is 0 Å². The topological polar surface area (TPSA) is 49.3 Å². The lowest BCUT2D eigenvalue weighted by Crippen LogP contribution is -2.42. The van der Waals surface area contributed by atoms with Crippen molar-refractivity contribution in [3.63, 3.8) is 0 Å². The molecular weight excluding hydrogens is 339 g/mol. The molecular formula is C19H22ClFN4. The smallest absolute Gasteiger partial charge is 0.191 e. The fraction of sp³-hybridized carbons (Fsp3) is 0.368. The lowest BCUT2D eigenvalue weighted by atomic mass is 9.96. The molecule has 4 nitrogen and oxygen atoms in total. The van der Waals surface area contributed by atoms with Crippen LogP contribution in [0.3, 0.4) is 0 Å². The minimum absolute atomic E-state index is 0.0276. The average molecular weight is 361 g/mol. The molecule has 0 unspecified atom stereocenters. The van der Waals surface area contributed by atoms with Crippen LogP contribution in [0, 0.1) is 5.82 Å². The van der Waals surface area contributed by atoms with E-state index in [1.54, 1.807) is 31.4 Å². The molecule has 3 rings (SSSR count). The van der Waals surface area contributed by atoms with Crippen LogP contribution in [0.25, 0.3) is 0 Å². The van der Waals surface area contributed by atoms with Gasteiger partial charge in [-0.15, -0.1) is 0 Å². The van der Waals surface area contributed by atoms with Crippen LogP contribution in [0.2, 0.25) is 5.15 Å². The zero-order chi connectivity index (χ0) is 17.7. The number of hydrogen-bond acceptors (Lipinski definition) is 2. The van der Waals surface area contributed by atoms with E-state index in [4.69, 9.17) is 11.6 Å². The van der Waals surface area contributed by atoms with Crippen molar-refractivity contribution in [2.24, 2.45) is 4.99 Å². The molecule has 0 bridgehead atoms. The molecule has 1 aromatic carbocycles. The first kappa shape index (κ1) is 17.7. The number of halogens is 2. The molecule has 1 aromatic heterocycles. The minimum Gasteiger partial charge on any atom is -0.356 e. The summed E-state index contributed by atoms with van der Waals surface area (Å²) in [6.07, 6.45) is 4.75. The molecule has 0 radical (unpaired) electrons. The van der Waals surface area contributed by atoms with Gasteiger partial charge >= 0.3 is 0 Å². The van der Waals surface area contributed by atoms with Gasteiger partial charge in [-0.1, -0.05) is 29.8 Å². The highest BCUT2D eigenvalue weighted by atomic mass is 35.5. The summed E-state index contributed by atoms with van der Waals surface area (Å²) in [5.74, 6) is 0.576. The highest BCUT2D eigenvalue weighted by molar-refractivity contribution is 6.29. The Morgan fingerprint density at radius 3 is 2.76 bits per heavy atom. The summed E-state index contributed by atoms with van der Waals surface area (Å²) in [6.45, 7) is 1.49. The monoisotopic (exact) mass is 360 g/mol. The number of guanidine groups is 1. The SMILES string of the molecule is CN=C(NCCc1ccc(Cl)nc1)NCC1(c2cccc(F)c2)CC1. The Morgan fingerprint density at radius 1 is 1.28 bits per heavy atom. The molecule has 1 aliphatic carbocycles. The van der Waals surface area contributed by atoms with Gasteiger partial charge in [-0.3, -0.25) is 4.99 Å². The predicted molar refractivity (Wildman–Crippen MR) is 99.6 cm³/mol. The number of rotatable bonds is 6. The molecule has 132 valence electrons. The number of aliphatic imine (C=N–C) groups is 1. The van der Waals surface area contributed by atoms with Gasteiger partial charge in [0.05, 0.1) is 0 Å². The van der Waals surface area contributed by atoms with E-state index in [1.165, 1.54) is 6.07 Å². The number of benzene rings is 1. The summed E-state index contributed by atoms with van der Waals surface area (Å²) in [4.78, 5) is 8.33. The van der Waals surface area contributed by atoms with E-state index >= 15 is 0 Å². The van der Waals surface area contributed by atoms with Gasteiger partial charge in [0, 0.05) is 31.7 Å². The molecule has 0 spiro atoms. The molecule has 6 heteroatoms. The third-order valence-corrected chi connectivity index (χ3v) is 4.83. The summed E-state index contributed by atoms with van der Waals surface area (Å²) in [6, 6.07) is 10.7. The number of nitrogens with one attached hydrogen (secondary N) is 2. The minimum atomic E-state index is -0.178. The van der Waals surface area contributed by atoms with E-state index in [1.807, 2.05) is 12.1 Å². The van der Waals surface area contributed by atoms with Crippen molar-refractivity contribution < 1.29 is 4.39 Å². The summed E-state index contributed by atoms with van der Waals surface area (Å²) in [5, 5.41) is 7.17. The van der Waals surface area contributed by atoms with Crippen LogP contribution in [-0.4, -0.2) is 31.1 Å². The molecule has 25 heavy (non-hydrogen) atoms. The maximum absolute atomic E-state index is 13.5. The van der Waals surface area contributed by atoms with Gasteiger partial charge < -0.3 is 10.6 Å². The largest absolute Gasteiger partial charge is 0.356 e. The Kier molecular flexibility index (Phi) is 5.53. The highest BCUT2D eigenvalue weighted by Gasteiger charge is 2.44. The molecule has 1 aliphatic rings. The normalized spacial score (nSPS) is 15.7. The van der Waals surface area contributed by atoms with Crippen LogP contribution in [0.5, 0.6) is 0 Å². The molecule has 0 saturated heterocycles. The molecule has 0 aliphatic heterocycles. The Labute approximate surface area is 152 Å². The van der Waals surface area contributed by atoms with Crippen molar-refractivity contribution in [2.75, 3.05) is 20.1 Å². The Morgan fingerprint density at radius 2 is 2.12 bits per heavy atom. The van der Waals surface area contributed by atoms with E-state index in [2.05, 4.69) is 20.6 Å². The second-order valence-corrected chi connectivity index (χ2v) is 6.77. The van der Waals surface area contributed by atoms with Crippen molar-refractivity contribution in [1.29, 1.82) is 0 Å². The maximum Gasteiger partial charge on any atom is 0.191 e. The predicted octanol–water partition coefficient (Wildman–Crippen LogP) is 3.31. The summed E-state index contributed by atoms with van der Waals surface area (Å²) >= 11 is 5.79. The van der Waals surface area contributed by atoms with Crippen LogP contribution >= 0.6 is 11.6 Å². The summed E-state index contributed by atoms with van der Waals surface area (Å²) < 4.78 is 13.5. The molecule has 0 amide bonds. The standard InChI is InChI=1S/C19H22ClFN4/c1-22-18(23-10-7-14-5-6-17(20)24-12-14)25-13-19(8-9-19)15-3-2-4-16(21)11-15/h2-6,11-12H,7-10,13H2,1H3,(H2,22,23,25). The first-order valence-corrected chi connectivity index (χ1v) is 8.80. The Bertz CT molecular complexity index is 741. The maximum atomic E-state index is 13.5. The highest BCUT2D eigenvalue weighted by Crippen LogP contribution is 2.47. The van der Waals surface area contributed by atoms with Gasteiger partial charge in [-0.05, 0) is 48.6 Å². The molecule has 1 fully saturated rings. The van der Waals surface area contributed by atoms with Crippen LogP contribution < -0.4 is 10.6 Å². The summed E-state index contributed by atoms with van der Waals surface area (Å²) in [5.41, 5.74) is 2.20. The van der Waals surface area contributed by atoms with Gasteiger partial charge in [-0.2, -0.15) is 0 Å². The number of nitrogens with zero attached hydrogens (tertiary/aromatic N) is 2. The van der Waals surface area contributed by atoms with Crippen molar-refractivity contribution in [1.82, 2.24) is 15.6 Å². The van der Waals surface area contributed by atoms with Crippen molar-refractivity contribution >= 4 is 17.6 Å². The van der Waals surface area contributed by atoms with E-state index in [-0.39, 0.29) is 11.2 Å². The third-order valence-electron chi connectivity index (χ3n) is 4.60.